The van der Waals surface area contributed by atoms with Crippen molar-refractivity contribution in [2.24, 2.45) is 5.92 Å². The van der Waals surface area contributed by atoms with Gasteiger partial charge in [-0.3, -0.25) is 23.7 Å². The fourth-order valence-electron chi connectivity index (χ4n) is 4.85. The van der Waals surface area contributed by atoms with E-state index >= 15 is 0 Å². The van der Waals surface area contributed by atoms with Gasteiger partial charge in [-0.15, -0.1) is 0 Å². The first-order chi connectivity index (χ1) is 16.9. The molecule has 0 radical (unpaired) electrons. The van der Waals surface area contributed by atoms with E-state index in [1.54, 1.807) is 17.0 Å². The van der Waals surface area contributed by atoms with Crippen LogP contribution in [-0.4, -0.2) is 82.7 Å². The van der Waals surface area contributed by atoms with Crippen LogP contribution in [-0.2, 0) is 9.59 Å². The van der Waals surface area contributed by atoms with Gasteiger partial charge in [-0.2, -0.15) is 0 Å². The van der Waals surface area contributed by atoms with E-state index in [4.69, 9.17) is 0 Å². The van der Waals surface area contributed by atoms with Gasteiger partial charge in [0.05, 0.1) is 0 Å². The number of amides is 2. The SMILES string of the molecule is CCN1CCN(C(=O)C2CCN(C(=O)C(C(=O)c3ccc(F)cc3)n3ccccc3=O)CC2)CC1. The summed E-state index contributed by atoms with van der Waals surface area (Å²) in [5.41, 5.74) is -0.325. The molecule has 0 saturated carbocycles. The maximum atomic E-state index is 13.6. The van der Waals surface area contributed by atoms with Gasteiger partial charge in [-0.1, -0.05) is 13.0 Å². The van der Waals surface area contributed by atoms with E-state index in [9.17, 15) is 23.6 Å². The van der Waals surface area contributed by atoms with Crippen molar-refractivity contribution in [1.82, 2.24) is 19.3 Å². The van der Waals surface area contributed by atoms with E-state index in [-0.39, 0.29) is 17.4 Å². The molecule has 2 fully saturated rings. The number of benzene rings is 1. The number of likely N-dealkylation sites (tertiary alicyclic amines) is 1. The molecule has 2 saturated heterocycles. The minimum Gasteiger partial charge on any atom is -0.340 e. The second-order valence-electron chi connectivity index (χ2n) is 9.08. The topological polar surface area (TPSA) is 82.9 Å². The minimum absolute atomic E-state index is 0.131. The molecule has 2 aromatic rings. The number of nitrogens with zero attached hydrogens (tertiary/aromatic N) is 4. The number of ketones is 1. The van der Waals surface area contributed by atoms with E-state index in [1.165, 1.54) is 24.4 Å². The Morgan fingerprint density at radius 3 is 2.17 bits per heavy atom. The Bertz CT molecular complexity index is 1120. The van der Waals surface area contributed by atoms with Gasteiger partial charge in [-0.25, -0.2) is 4.39 Å². The quantitative estimate of drug-likeness (QED) is 0.463. The highest BCUT2D eigenvalue weighted by molar-refractivity contribution is 6.11. The molecule has 0 bridgehead atoms. The van der Waals surface area contributed by atoms with Crippen LogP contribution in [0.15, 0.2) is 53.5 Å². The lowest BCUT2D eigenvalue weighted by Crippen LogP contribution is -2.52. The fraction of sp³-hybridized carbons (Fsp3) is 0.462. The van der Waals surface area contributed by atoms with Crippen LogP contribution in [0.1, 0.15) is 36.2 Å². The lowest BCUT2D eigenvalue weighted by Gasteiger charge is -2.38. The van der Waals surface area contributed by atoms with Crippen LogP contribution in [0, 0.1) is 11.7 Å². The number of hydrogen-bond donors (Lipinski definition) is 0. The molecule has 1 aromatic carbocycles. The Morgan fingerprint density at radius 1 is 0.914 bits per heavy atom. The van der Waals surface area contributed by atoms with Crippen LogP contribution in [0.5, 0.6) is 0 Å². The molecule has 0 aliphatic carbocycles. The Hall–Kier alpha value is -3.33. The molecule has 1 aromatic heterocycles. The Morgan fingerprint density at radius 2 is 1.57 bits per heavy atom. The average molecular weight is 483 g/mol. The zero-order valence-corrected chi connectivity index (χ0v) is 19.9. The molecule has 35 heavy (non-hydrogen) atoms. The summed E-state index contributed by atoms with van der Waals surface area (Å²) in [6, 6.07) is 7.97. The standard InChI is InChI=1S/C26H31FN4O4/c1-2-28-15-17-30(18-16-28)25(34)20-10-13-29(14-11-20)26(35)23(31-12-4-3-5-22(31)32)24(33)19-6-8-21(27)9-7-19/h3-9,12,20,23H,2,10-11,13-18H2,1H3. The van der Waals surface area contributed by atoms with Crippen molar-refractivity contribution < 1.29 is 18.8 Å². The van der Waals surface area contributed by atoms with Gasteiger partial charge in [0, 0.05) is 63.0 Å². The van der Waals surface area contributed by atoms with Gasteiger partial charge in [0.15, 0.2) is 11.8 Å². The zero-order chi connectivity index (χ0) is 24.9. The molecular formula is C26H31FN4O4. The van der Waals surface area contributed by atoms with Crippen LogP contribution >= 0.6 is 0 Å². The number of aromatic nitrogens is 1. The predicted molar refractivity (Wildman–Crippen MR) is 128 cm³/mol. The maximum absolute atomic E-state index is 13.6. The third-order valence-corrected chi connectivity index (χ3v) is 7.03. The number of hydrogen-bond acceptors (Lipinski definition) is 5. The normalized spacial score (nSPS) is 18.3. The van der Waals surface area contributed by atoms with Crippen LogP contribution in [0.2, 0.25) is 0 Å². The van der Waals surface area contributed by atoms with Crippen LogP contribution in [0.25, 0.3) is 0 Å². The molecule has 9 heteroatoms. The highest BCUT2D eigenvalue weighted by atomic mass is 19.1. The molecular weight excluding hydrogens is 451 g/mol. The van der Waals surface area contributed by atoms with Crippen LogP contribution < -0.4 is 5.56 Å². The van der Waals surface area contributed by atoms with Crippen molar-refractivity contribution in [1.29, 1.82) is 0 Å². The molecule has 4 rings (SSSR count). The van der Waals surface area contributed by atoms with Crippen molar-refractivity contribution in [3.05, 3.63) is 70.4 Å². The lowest BCUT2D eigenvalue weighted by atomic mass is 9.93. The number of halogens is 1. The summed E-state index contributed by atoms with van der Waals surface area (Å²) in [4.78, 5) is 58.2. The minimum atomic E-state index is -1.39. The number of piperazine rings is 1. The first-order valence-corrected chi connectivity index (χ1v) is 12.2. The van der Waals surface area contributed by atoms with Gasteiger partial charge < -0.3 is 14.7 Å². The van der Waals surface area contributed by atoms with Gasteiger partial charge in [-0.05, 0) is 49.7 Å². The Balaban J connectivity index is 1.47. The van der Waals surface area contributed by atoms with Crippen molar-refractivity contribution in [3.63, 3.8) is 0 Å². The van der Waals surface area contributed by atoms with Gasteiger partial charge >= 0.3 is 0 Å². The van der Waals surface area contributed by atoms with Crippen molar-refractivity contribution >= 4 is 17.6 Å². The molecule has 2 amide bonds. The summed E-state index contributed by atoms with van der Waals surface area (Å²) in [7, 11) is 0. The number of carbonyl (C=O) groups excluding carboxylic acids is 3. The highest BCUT2D eigenvalue weighted by Gasteiger charge is 2.37. The number of carbonyl (C=O) groups is 3. The molecule has 2 aliphatic heterocycles. The predicted octanol–water partition coefficient (Wildman–Crippen LogP) is 1.81. The summed E-state index contributed by atoms with van der Waals surface area (Å²) in [6.07, 6.45) is 2.44. The number of Topliss-reactive ketones (excluding diaryl/α,β-unsaturated/α-hetero) is 1. The van der Waals surface area contributed by atoms with E-state index < -0.39 is 29.1 Å². The van der Waals surface area contributed by atoms with E-state index in [0.717, 1.165) is 49.4 Å². The fourth-order valence-corrected chi connectivity index (χ4v) is 4.85. The summed E-state index contributed by atoms with van der Waals surface area (Å²) >= 11 is 0. The first-order valence-electron chi connectivity index (χ1n) is 12.2. The summed E-state index contributed by atoms with van der Waals surface area (Å²) in [6.45, 7) is 6.94. The molecule has 0 N–H and O–H groups in total. The lowest BCUT2D eigenvalue weighted by molar-refractivity contribution is -0.142. The highest BCUT2D eigenvalue weighted by Crippen LogP contribution is 2.24. The number of piperidine rings is 1. The third-order valence-electron chi connectivity index (χ3n) is 7.03. The zero-order valence-electron chi connectivity index (χ0n) is 19.9. The van der Waals surface area contributed by atoms with Gasteiger partial charge in [0.2, 0.25) is 5.91 Å². The molecule has 186 valence electrons. The van der Waals surface area contributed by atoms with Gasteiger partial charge in [0.1, 0.15) is 5.82 Å². The first kappa shape index (κ1) is 24.8. The van der Waals surface area contributed by atoms with E-state index in [2.05, 4.69) is 11.8 Å². The van der Waals surface area contributed by atoms with Gasteiger partial charge in [0.25, 0.3) is 11.5 Å². The van der Waals surface area contributed by atoms with E-state index in [1.807, 2.05) is 4.90 Å². The third kappa shape index (κ3) is 5.51. The van der Waals surface area contributed by atoms with Crippen molar-refractivity contribution in [2.75, 3.05) is 45.8 Å². The number of pyridine rings is 1. The molecule has 1 unspecified atom stereocenters. The second kappa shape index (κ2) is 10.9. The van der Waals surface area contributed by atoms with Crippen LogP contribution in [0.4, 0.5) is 4.39 Å². The van der Waals surface area contributed by atoms with Crippen molar-refractivity contribution in [3.8, 4) is 0 Å². The number of likely N-dealkylation sites (N-methyl/N-ethyl adjacent to an activating group) is 1. The molecule has 0 spiro atoms. The molecule has 8 nitrogen and oxygen atoms in total. The average Bonchev–Trinajstić information content (AvgIpc) is 2.90. The Kier molecular flexibility index (Phi) is 7.75. The smallest absolute Gasteiger partial charge is 0.253 e. The summed E-state index contributed by atoms with van der Waals surface area (Å²) in [5, 5.41) is 0. The molecule has 2 aliphatic rings. The van der Waals surface area contributed by atoms with Crippen LogP contribution in [0.3, 0.4) is 0 Å². The Labute approximate surface area is 203 Å². The van der Waals surface area contributed by atoms with E-state index in [0.29, 0.717) is 25.9 Å². The molecule has 3 heterocycles. The monoisotopic (exact) mass is 482 g/mol. The van der Waals surface area contributed by atoms with Crippen molar-refractivity contribution in [2.45, 2.75) is 25.8 Å². The summed E-state index contributed by atoms with van der Waals surface area (Å²) < 4.78 is 14.5. The number of rotatable bonds is 6. The largest absolute Gasteiger partial charge is 0.340 e. The maximum Gasteiger partial charge on any atom is 0.253 e. The summed E-state index contributed by atoms with van der Waals surface area (Å²) in [5.74, 6) is -1.58. The second-order valence-corrected chi connectivity index (χ2v) is 9.08. The molecule has 1 atom stereocenters.